The summed E-state index contributed by atoms with van der Waals surface area (Å²) in [5.74, 6) is -2.08. The molecule has 0 atom stereocenters. The fourth-order valence-electron chi connectivity index (χ4n) is 1.57. The maximum absolute atomic E-state index is 11.5. The van der Waals surface area contributed by atoms with Crippen LogP contribution in [0.15, 0.2) is 24.3 Å². The highest BCUT2D eigenvalue weighted by molar-refractivity contribution is 5.95. The Bertz CT molecular complexity index is 612. The fourth-order valence-corrected chi connectivity index (χ4v) is 1.57. The smallest absolute Gasteiger partial charge is 0.342 e. The van der Waals surface area contributed by atoms with Gasteiger partial charge in [-0.25, -0.2) is 9.59 Å². The number of carbonyl (C=O) groups excluding carboxylic acids is 1. The Balaban J connectivity index is 3.14. The number of hydrogen-bond acceptors (Lipinski definition) is 5. The molecule has 0 unspecified atom stereocenters. The van der Waals surface area contributed by atoms with Gasteiger partial charge in [-0.2, -0.15) is 0 Å². The third kappa shape index (κ3) is 4.72. The lowest BCUT2D eigenvalue weighted by atomic mass is 10.1. The highest BCUT2D eigenvalue weighted by Crippen LogP contribution is 2.25. The number of benzene rings is 1. The van der Waals surface area contributed by atoms with Gasteiger partial charge < -0.3 is 9.84 Å². The molecule has 112 valence electrons. The lowest BCUT2D eigenvalue weighted by Gasteiger charge is -2.17. The van der Waals surface area contributed by atoms with E-state index in [1.165, 1.54) is 18.2 Å². The number of ether oxygens (including phenoxy) is 1. The zero-order valence-corrected chi connectivity index (χ0v) is 11.8. The van der Waals surface area contributed by atoms with Crippen molar-refractivity contribution in [1.29, 1.82) is 0 Å². The number of rotatable bonds is 4. The van der Waals surface area contributed by atoms with Gasteiger partial charge in [0.1, 0.15) is 11.2 Å². The van der Waals surface area contributed by atoms with Crippen LogP contribution in [0.1, 0.15) is 36.7 Å². The number of nitro groups is 1. The molecule has 0 spiro atoms. The number of carboxylic acids is 1. The standard InChI is InChI=1S/C14H15NO6/c1-14(2,3)21-11(16)8-7-9-5-4-6-10(13(17)18)12(9)15(19)20/h4-8H,1-3H3,(H,17,18)/b8-7+. The van der Waals surface area contributed by atoms with Crippen molar-refractivity contribution in [3.8, 4) is 0 Å². The first-order valence-electron chi connectivity index (χ1n) is 6.03. The molecule has 1 aromatic carbocycles. The van der Waals surface area contributed by atoms with Crippen LogP contribution < -0.4 is 0 Å². The summed E-state index contributed by atoms with van der Waals surface area (Å²) in [6, 6.07) is 3.85. The zero-order chi connectivity index (χ0) is 16.2. The molecule has 0 amide bonds. The largest absolute Gasteiger partial charge is 0.477 e. The fraction of sp³-hybridized carbons (Fsp3) is 0.286. The Hall–Kier alpha value is -2.70. The first-order chi connectivity index (χ1) is 9.61. The van der Waals surface area contributed by atoms with Crippen molar-refractivity contribution < 1.29 is 24.4 Å². The summed E-state index contributed by atoms with van der Waals surface area (Å²) in [6.07, 6.45) is 2.19. The summed E-state index contributed by atoms with van der Waals surface area (Å²) < 4.78 is 5.03. The van der Waals surface area contributed by atoms with E-state index in [0.29, 0.717) is 0 Å². The molecule has 0 saturated heterocycles. The number of nitrogens with zero attached hydrogens (tertiary/aromatic N) is 1. The maximum atomic E-state index is 11.5. The number of para-hydroxylation sites is 1. The Labute approximate surface area is 121 Å². The Kier molecular flexibility index (Phi) is 4.80. The summed E-state index contributed by atoms with van der Waals surface area (Å²) in [7, 11) is 0. The summed E-state index contributed by atoms with van der Waals surface area (Å²) in [5.41, 5.74) is -1.67. The normalized spacial score (nSPS) is 11.4. The molecule has 1 N–H and O–H groups in total. The van der Waals surface area contributed by atoms with Crippen molar-refractivity contribution in [3.63, 3.8) is 0 Å². The van der Waals surface area contributed by atoms with Gasteiger partial charge in [-0.3, -0.25) is 10.1 Å². The highest BCUT2D eigenvalue weighted by Gasteiger charge is 2.23. The summed E-state index contributed by atoms with van der Waals surface area (Å²) >= 11 is 0. The average Bonchev–Trinajstić information content (AvgIpc) is 2.33. The van der Waals surface area contributed by atoms with Gasteiger partial charge in [0.15, 0.2) is 0 Å². The van der Waals surface area contributed by atoms with Gasteiger partial charge in [-0.1, -0.05) is 6.07 Å². The van der Waals surface area contributed by atoms with Gasteiger partial charge in [-0.15, -0.1) is 0 Å². The molecule has 0 heterocycles. The van der Waals surface area contributed by atoms with Gasteiger partial charge >= 0.3 is 11.9 Å². The average molecular weight is 293 g/mol. The molecule has 7 nitrogen and oxygen atoms in total. The maximum Gasteiger partial charge on any atom is 0.342 e. The Morgan fingerprint density at radius 1 is 1.33 bits per heavy atom. The topological polar surface area (TPSA) is 107 Å². The van der Waals surface area contributed by atoms with Crippen LogP contribution in [0, 0.1) is 10.1 Å². The van der Waals surface area contributed by atoms with Crippen LogP contribution in [0.4, 0.5) is 5.69 Å². The molecule has 1 rings (SSSR count). The summed E-state index contributed by atoms with van der Waals surface area (Å²) in [6.45, 7) is 5.06. The van der Waals surface area contributed by atoms with Gasteiger partial charge in [-0.05, 0) is 39.0 Å². The van der Waals surface area contributed by atoms with E-state index in [9.17, 15) is 19.7 Å². The van der Waals surface area contributed by atoms with Crippen LogP contribution >= 0.6 is 0 Å². The van der Waals surface area contributed by atoms with Crippen molar-refractivity contribution in [3.05, 3.63) is 45.5 Å². The minimum atomic E-state index is -1.41. The van der Waals surface area contributed by atoms with E-state index in [-0.39, 0.29) is 5.56 Å². The molecular weight excluding hydrogens is 278 g/mol. The van der Waals surface area contributed by atoms with Crippen molar-refractivity contribution in [1.82, 2.24) is 0 Å². The van der Waals surface area contributed by atoms with Crippen molar-refractivity contribution >= 4 is 23.7 Å². The molecule has 21 heavy (non-hydrogen) atoms. The van der Waals surface area contributed by atoms with Crippen LogP contribution in [0.2, 0.25) is 0 Å². The summed E-state index contributed by atoms with van der Waals surface area (Å²) in [5, 5.41) is 20.0. The second kappa shape index (κ2) is 6.17. The quantitative estimate of drug-likeness (QED) is 0.396. The highest BCUT2D eigenvalue weighted by atomic mass is 16.6. The lowest BCUT2D eigenvalue weighted by Crippen LogP contribution is -2.22. The zero-order valence-electron chi connectivity index (χ0n) is 11.8. The van der Waals surface area contributed by atoms with E-state index in [0.717, 1.165) is 12.1 Å². The second-order valence-corrected chi connectivity index (χ2v) is 5.17. The molecular formula is C14H15NO6. The molecule has 1 aromatic rings. The number of carbonyl (C=O) groups is 2. The van der Waals surface area contributed by atoms with E-state index in [1.807, 2.05) is 0 Å². The van der Waals surface area contributed by atoms with E-state index >= 15 is 0 Å². The minimum Gasteiger partial charge on any atom is -0.477 e. The van der Waals surface area contributed by atoms with E-state index in [1.54, 1.807) is 20.8 Å². The Morgan fingerprint density at radius 2 is 1.95 bits per heavy atom. The van der Waals surface area contributed by atoms with Crippen molar-refractivity contribution in [2.75, 3.05) is 0 Å². The number of esters is 1. The SMILES string of the molecule is CC(C)(C)OC(=O)/C=C/c1cccc(C(=O)O)c1[N+](=O)[O-]. The Morgan fingerprint density at radius 3 is 2.43 bits per heavy atom. The number of carboxylic acid groups (broad SMARTS) is 1. The minimum absolute atomic E-state index is 0.0192. The van der Waals surface area contributed by atoms with E-state index in [4.69, 9.17) is 9.84 Å². The van der Waals surface area contributed by atoms with Gasteiger partial charge in [0.25, 0.3) is 5.69 Å². The van der Waals surface area contributed by atoms with Crippen molar-refractivity contribution in [2.24, 2.45) is 0 Å². The molecule has 0 aliphatic carbocycles. The third-order valence-electron chi connectivity index (χ3n) is 2.29. The predicted molar refractivity (Wildman–Crippen MR) is 74.9 cm³/mol. The van der Waals surface area contributed by atoms with E-state index < -0.39 is 33.7 Å². The lowest BCUT2D eigenvalue weighted by molar-refractivity contribution is -0.385. The first-order valence-corrected chi connectivity index (χ1v) is 6.03. The molecule has 0 bridgehead atoms. The van der Waals surface area contributed by atoms with Gasteiger partial charge in [0.2, 0.25) is 0 Å². The molecule has 0 aliphatic rings. The molecule has 0 aromatic heterocycles. The monoisotopic (exact) mass is 293 g/mol. The van der Waals surface area contributed by atoms with E-state index in [2.05, 4.69) is 0 Å². The van der Waals surface area contributed by atoms with Gasteiger partial charge in [0.05, 0.1) is 10.5 Å². The van der Waals surface area contributed by atoms with Crippen LogP contribution in [-0.2, 0) is 9.53 Å². The number of nitro benzene ring substituents is 1. The molecule has 0 aliphatic heterocycles. The van der Waals surface area contributed by atoms with Gasteiger partial charge in [0, 0.05) is 6.08 Å². The van der Waals surface area contributed by atoms with Crippen molar-refractivity contribution in [2.45, 2.75) is 26.4 Å². The third-order valence-corrected chi connectivity index (χ3v) is 2.29. The first kappa shape index (κ1) is 16.4. The molecule has 0 radical (unpaired) electrons. The number of hydrogen-bond donors (Lipinski definition) is 1. The predicted octanol–water partition coefficient (Wildman–Crippen LogP) is 2.65. The van der Waals surface area contributed by atoms with Crippen LogP contribution in [0.5, 0.6) is 0 Å². The number of aromatic carboxylic acids is 1. The second-order valence-electron chi connectivity index (χ2n) is 5.17. The summed E-state index contributed by atoms with van der Waals surface area (Å²) in [4.78, 5) is 32.7. The molecule has 7 heteroatoms. The van der Waals surface area contributed by atoms with Crippen LogP contribution in [0.3, 0.4) is 0 Å². The molecule has 0 saturated carbocycles. The molecule has 0 fully saturated rings. The van der Waals surface area contributed by atoms with Crippen LogP contribution in [-0.4, -0.2) is 27.6 Å². The van der Waals surface area contributed by atoms with Crippen LogP contribution in [0.25, 0.3) is 6.08 Å².